The molecule has 4 heterocycles. The Morgan fingerprint density at radius 3 is 2.38 bits per heavy atom. The lowest BCUT2D eigenvalue weighted by Crippen LogP contribution is -2.39. The number of Topliss-reactive ketones (excluding diaryl/α,β-unsaturated/α-hetero) is 1. The number of rotatable bonds is 10. The summed E-state index contributed by atoms with van der Waals surface area (Å²) in [5.74, 6) is 1.20. The normalized spacial score (nSPS) is 18.8. The van der Waals surface area contributed by atoms with Gasteiger partial charge in [-0.05, 0) is 76.7 Å². The van der Waals surface area contributed by atoms with Crippen LogP contribution in [0.5, 0.6) is 5.88 Å². The first kappa shape index (κ1) is 23.2. The summed E-state index contributed by atoms with van der Waals surface area (Å²) in [4.78, 5) is 22.9. The first-order valence-corrected chi connectivity index (χ1v) is 12.6. The second-order valence-corrected chi connectivity index (χ2v) is 9.51. The summed E-state index contributed by atoms with van der Waals surface area (Å²) in [7, 11) is 1.85. The molecule has 2 saturated heterocycles. The van der Waals surface area contributed by atoms with E-state index < -0.39 is 0 Å². The zero-order valence-electron chi connectivity index (χ0n) is 20.1. The van der Waals surface area contributed by atoms with Gasteiger partial charge in [0.25, 0.3) is 0 Å². The zero-order valence-corrected chi connectivity index (χ0v) is 20.1. The van der Waals surface area contributed by atoms with Crippen LogP contribution in [-0.2, 0) is 7.05 Å². The molecule has 2 aromatic rings. The van der Waals surface area contributed by atoms with Crippen LogP contribution >= 0.6 is 0 Å². The van der Waals surface area contributed by atoms with Crippen molar-refractivity contribution in [2.24, 2.45) is 13.0 Å². The fourth-order valence-corrected chi connectivity index (χ4v) is 5.07. The van der Waals surface area contributed by atoms with Crippen molar-refractivity contribution in [1.29, 1.82) is 0 Å². The number of hydrogen-bond acceptors (Lipinski definition) is 6. The highest BCUT2D eigenvalue weighted by atomic mass is 16.5. The first-order chi connectivity index (χ1) is 15.6. The molecule has 0 amide bonds. The Bertz CT molecular complexity index is 893. The molecule has 0 aromatic carbocycles. The van der Waals surface area contributed by atoms with Gasteiger partial charge in [-0.15, -0.1) is 0 Å². The predicted octanol–water partition coefficient (Wildman–Crippen LogP) is 3.92. The van der Waals surface area contributed by atoms with Crippen molar-refractivity contribution in [2.75, 3.05) is 39.3 Å². The number of carbonyl (C=O) groups is 1. The van der Waals surface area contributed by atoms with Crippen LogP contribution in [-0.4, -0.2) is 75.7 Å². The number of hydrogen-bond donors (Lipinski definition) is 0. The number of piperidine rings is 1. The standard InChI is InChI=1S/C25H39N5O2/c1-4-20(5-2)32-23-9-8-21-24(27-28(3)25(21)26-23)22(31)18-19-10-14-30(15-11-19)17-16-29-12-6-7-13-29/h8-9,19-20H,4-7,10-18H2,1-3H3. The van der Waals surface area contributed by atoms with Crippen LogP contribution in [0.15, 0.2) is 12.1 Å². The highest BCUT2D eigenvalue weighted by molar-refractivity contribution is 6.05. The molecule has 7 heteroatoms. The number of likely N-dealkylation sites (tertiary alicyclic amines) is 2. The Morgan fingerprint density at radius 2 is 1.72 bits per heavy atom. The summed E-state index contributed by atoms with van der Waals surface area (Å²) >= 11 is 0. The molecule has 7 nitrogen and oxygen atoms in total. The largest absolute Gasteiger partial charge is 0.474 e. The maximum absolute atomic E-state index is 13.1. The van der Waals surface area contributed by atoms with Crippen molar-refractivity contribution in [3.05, 3.63) is 17.8 Å². The van der Waals surface area contributed by atoms with Crippen LogP contribution in [0.25, 0.3) is 11.0 Å². The Labute approximate surface area is 192 Å². The van der Waals surface area contributed by atoms with E-state index in [0.717, 1.165) is 44.2 Å². The molecule has 0 saturated carbocycles. The van der Waals surface area contributed by atoms with Crippen molar-refractivity contribution in [1.82, 2.24) is 24.6 Å². The van der Waals surface area contributed by atoms with Crippen LogP contribution in [0, 0.1) is 5.92 Å². The van der Waals surface area contributed by atoms with Gasteiger partial charge < -0.3 is 14.5 Å². The van der Waals surface area contributed by atoms with Gasteiger partial charge in [-0.25, -0.2) is 4.68 Å². The average molecular weight is 442 g/mol. The first-order valence-electron chi connectivity index (χ1n) is 12.6. The molecule has 4 rings (SSSR count). The third-order valence-corrected chi connectivity index (χ3v) is 7.24. The van der Waals surface area contributed by atoms with Crippen LogP contribution < -0.4 is 4.74 Å². The average Bonchev–Trinajstić information content (AvgIpc) is 3.45. The molecular weight excluding hydrogens is 402 g/mol. The van der Waals surface area contributed by atoms with Crippen molar-refractivity contribution in [3.8, 4) is 5.88 Å². The smallest absolute Gasteiger partial charge is 0.215 e. The fraction of sp³-hybridized carbons (Fsp3) is 0.720. The van der Waals surface area contributed by atoms with E-state index in [9.17, 15) is 4.79 Å². The van der Waals surface area contributed by atoms with Crippen LogP contribution in [0.3, 0.4) is 0 Å². The molecule has 0 radical (unpaired) electrons. The summed E-state index contributed by atoms with van der Waals surface area (Å²) in [5.41, 5.74) is 1.27. The molecular formula is C25H39N5O2. The van der Waals surface area contributed by atoms with Gasteiger partial charge in [-0.2, -0.15) is 10.1 Å². The van der Waals surface area contributed by atoms with Crippen molar-refractivity contribution >= 4 is 16.8 Å². The summed E-state index contributed by atoms with van der Waals surface area (Å²) in [6.45, 7) is 11.3. The lowest BCUT2D eigenvalue weighted by molar-refractivity contribution is 0.0919. The molecule has 0 aliphatic carbocycles. The van der Waals surface area contributed by atoms with Gasteiger partial charge in [0, 0.05) is 32.6 Å². The molecule has 176 valence electrons. The zero-order chi connectivity index (χ0) is 22.5. The number of pyridine rings is 1. The summed E-state index contributed by atoms with van der Waals surface area (Å²) < 4.78 is 7.70. The second kappa shape index (κ2) is 10.8. The second-order valence-electron chi connectivity index (χ2n) is 9.51. The molecule has 2 aliphatic rings. The van der Waals surface area contributed by atoms with Crippen LogP contribution in [0.2, 0.25) is 0 Å². The van der Waals surface area contributed by atoms with E-state index in [1.165, 1.54) is 39.0 Å². The SMILES string of the molecule is CCC(CC)Oc1ccc2c(C(=O)CC3CCN(CCN4CCCC4)CC3)nn(C)c2n1. The lowest BCUT2D eigenvalue weighted by atomic mass is 9.90. The topological polar surface area (TPSA) is 63.5 Å². The Balaban J connectivity index is 1.32. The molecule has 32 heavy (non-hydrogen) atoms. The minimum atomic E-state index is 0.140. The van der Waals surface area contributed by atoms with Gasteiger partial charge in [-0.1, -0.05) is 13.8 Å². The molecule has 0 bridgehead atoms. The lowest BCUT2D eigenvalue weighted by Gasteiger charge is -2.32. The van der Waals surface area contributed by atoms with Gasteiger partial charge in [-0.3, -0.25) is 4.79 Å². The van der Waals surface area contributed by atoms with E-state index >= 15 is 0 Å². The highest BCUT2D eigenvalue weighted by Crippen LogP contribution is 2.26. The van der Waals surface area contributed by atoms with Gasteiger partial charge in [0.1, 0.15) is 5.69 Å². The number of ketones is 1. The molecule has 0 N–H and O–H groups in total. The summed E-state index contributed by atoms with van der Waals surface area (Å²) in [5, 5.41) is 5.37. The van der Waals surface area contributed by atoms with Crippen molar-refractivity contribution in [3.63, 3.8) is 0 Å². The van der Waals surface area contributed by atoms with E-state index in [1.807, 2.05) is 19.2 Å². The van der Waals surface area contributed by atoms with Gasteiger partial charge >= 0.3 is 0 Å². The molecule has 2 aliphatic heterocycles. The van der Waals surface area contributed by atoms with Crippen LogP contribution in [0.4, 0.5) is 0 Å². The number of aryl methyl sites for hydroxylation is 1. The van der Waals surface area contributed by atoms with E-state index in [1.54, 1.807) is 4.68 Å². The van der Waals surface area contributed by atoms with E-state index in [4.69, 9.17) is 4.74 Å². The summed E-state index contributed by atoms with van der Waals surface area (Å²) in [6.07, 6.45) is 7.55. The van der Waals surface area contributed by atoms with E-state index in [-0.39, 0.29) is 11.9 Å². The van der Waals surface area contributed by atoms with Crippen molar-refractivity contribution in [2.45, 2.75) is 64.9 Å². The quantitative estimate of drug-likeness (QED) is 0.521. The molecule has 0 spiro atoms. The summed E-state index contributed by atoms with van der Waals surface area (Å²) in [6, 6.07) is 3.82. The Morgan fingerprint density at radius 1 is 1.06 bits per heavy atom. The van der Waals surface area contributed by atoms with E-state index in [2.05, 4.69) is 33.7 Å². The third-order valence-electron chi connectivity index (χ3n) is 7.24. The number of aromatic nitrogens is 3. The van der Waals surface area contributed by atoms with Crippen LogP contribution in [0.1, 0.15) is 69.3 Å². The van der Waals surface area contributed by atoms with Gasteiger partial charge in [0.2, 0.25) is 5.88 Å². The Hall–Kier alpha value is -1.99. The van der Waals surface area contributed by atoms with Gasteiger partial charge in [0.15, 0.2) is 11.4 Å². The monoisotopic (exact) mass is 441 g/mol. The number of carbonyl (C=O) groups excluding carboxylic acids is 1. The number of ether oxygens (including phenoxy) is 1. The van der Waals surface area contributed by atoms with Gasteiger partial charge in [0.05, 0.1) is 11.5 Å². The Kier molecular flexibility index (Phi) is 7.79. The molecule has 2 aromatic heterocycles. The fourth-order valence-electron chi connectivity index (χ4n) is 5.07. The van der Waals surface area contributed by atoms with E-state index in [0.29, 0.717) is 29.6 Å². The maximum Gasteiger partial charge on any atom is 0.215 e. The minimum Gasteiger partial charge on any atom is -0.474 e. The number of nitrogens with zero attached hydrogens (tertiary/aromatic N) is 5. The highest BCUT2D eigenvalue weighted by Gasteiger charge is 2.25. The maximum atomic E-state index is 13.1. The third kappa shape index (κ3) is 5.49. The van der Waals surface area contributed by atoms with Crippen molar-refractivity contribution < 1.29 is 9.53 Å². The molecule has 0 unspecified atom stereocenters. The molecule has 0 atom stereocenters. The minimum absolute atomic E-state index is 0.140. The molecule has 2 fully saturated rings. The number of fused-ring (bicyclic) bond motifs is 1. The predicted molar refractivity (Wildman–Crippen MR) is 127 cm³/mol.